The summed E-state index contributed by atoms with van der Waals surface area (Å²) >= 11 is 3.96. The average molecular weight is 345 g/mol. The largest absolute Gasteiger partial charge is 0.336 e. The molecule has 0 aliphatic carbocycles. The highest BCUT2D eigenvalue weighted by Gasteiger charge is 2.14. The molecule has 1 unspecified atom stereocenters. The molecule has 0 saturated carbocycles. The number of halogens is 1. The molecule has 0 amide bonds. The van der Waals surface area contributed by atoms with Crippen molar-refractivity contribution >= 4 is 39.9 Å². The molecule has 2 aromatic heterocycles. The summed E-state index contributed by atoms with van der Waals surface area (Å²) < 4.78 is 1.05. The standard InChI is InChI=1S/C11H12IN3S/c1-8(10-4-3-5-16-10)15(2)11-13-6-9(12)7-14-11/h3-8H,1-2H3. The summed E-state index contributed by atoms with van der Waals surface area (Å²) in [6, 6.07) is 4.51. The minimum Gasteiger partial charge on any atom is -0.336 e. The van der Waals surface area contributed by atoms with Gasteiger partial charge in [-0.2, -0.15) is 0 Å². The van der Waals surface area contributed by atoms with Gasteiger partial charge in [-0.1, -0.05) is 6.07 Å². The van der Waals surface area contributed by atoms with Crippen LogP contribution in [0.4, 0.5) is 5.95 Å². The Labute approximate surface area is 113 Å². The Balaban J connectivity index is 2.19. The third-order valence-corrected chi connectivity index (χ3v) is 4.06. The van der Waals surface area contributed by atoms with Gasteiger partial charge in [0.05, 0.1) is 6.04 Å². The number of anilines is 1. The van der Waals surface area contributed by atoms with Crippen LogP contribution < -0.4 is 4.90 Å². The van der Waals surface area contributed by atoms with Crippen molar-refractivity contribution in [3.63, 3.8) is 0 Å². The average Bonchev–Trinajstić information content (AvgIpc) is 2.81. The number of nitrogens with zero attached hydrogens (tertiary/aromatic N) is 3. The zero-order chi connectivity index (χ0) is 11.5. The molecule has 0 N–H and O–H groups in total. The first-order valence-electron chi connectivity index (χ1n) is 4.92. The van der Waals surface area contributed by atoms with Crippen molar-refractivity contribution in [2.75, 3.05) is 11.9 Å². The first-order chi connectivity index (χ1) is 7.68. The van der Waals surface area contributed by atoms with Gasteiger partial charge in [0, 0.05) is 27.9 Å². The van der Waals surface area contributed by atoms with Gasteiger partial charge in [0.25, 0.3) is 0 Å². The molecule has 3 nitrogen and oxygen atoms in total. The SMILES string of the molecule is CC(c1cccs1)N(C)c1ncc(I)cn1. The predicted molar refractivity (Wildman–Crippen MR) is 75.9 cm³/mol. The first-order valence-corrected chi connectivity index (χ1v) is 6.88. The maximum Gasteiger partial charge on any atom is 0.225 e. The normalized spacial score (nSPS) is 12.4. The smallest absolute Gasteiger partial charge is 0.225 e. The summed E-state index contributed by atoms with van der Waals surface area (Å²) in [6.07, 6.45) is 3.67. The van der Waals surface area contributed by atoms with Crippen LogP contribution in [0, 0.1) is 3.57 Å². The summed E-state index contributed by atoms with van der Waals surface area (Å²) in [4.78, 5) is 12.1. The molecule has 1 atom stereocenters. The summed E-state index contributed by atoms with van der Waals surface area (Å²) in [6.45, 7) is 2.16. The van der Waals surface area contributed by atoms with Gasteiger partial charge in [0.2, 0.25) is 5.95 Å². The van der Waals surface area contributed by atoms with Crippen molar-refractivity contribution in [2.24, 2.45) is 0 Å². The molecule has 0 fully saturated rings. The Morgan fingerprint density at radius 1 is 1.38 bits per heavy atom. The van der Waals surface area contributed by atoms with Gasteiger partial charge in [-0.25, -0.2) is 9.97 Å². The van der Waals surface area contributed by atoms with E-state index in [2.05, 4.69) is 61.9 Å². The van der Waals surface area contributed by atoms with Crippen LogP contribution in [0.2, 0.25) is 0 Å². The fraction of sp³-hybridized carbons (Fsp3) is 0.273. The number of thiophene rings is 1. The summed E-state index contributed by atoms with van der Waals surface area (Å²) in [7, 11) is 2.02. The monoisotopic (exact) mass is 345 g/mol. The highest BCUT2D eigenvalue weighted by molar-refractivity contribution is 14.1. The molecular formula is C11H12IN3S. The van der Waals surface area contributed by atoms with E-state index in [1.54, 1.807) is 11.3 Å². The van der Waals surface area contributed by atoms with E-state index >= 15 is 0 Å². The van der Waals surface area contributed by atoms with E-state index in [4.69, 9.17) is 0 Å². The lowest BCUT2D eigenvalue weighted by atomic mass is 10.2. The van der Waals surface area contributed by atoms with E-state index in [1.807, 2.05) is 19.4 Å². The van der Waals surface area contributed by atoms with Crippen molar-refractivity contribution < 1.29 is 0 Å². The molecule has 2 heterocycles. The van der Waals surface area contributed by atoms with E-state index < -0.39 is 0 Å². The van der Waals surface area contributed by atoms with Crippen LogP contribution in [0.3, 0.4) is 0 Å². The van der Waals surface area contributed by atoms with Crippen LogP contribution in [-0.4, -0.2) is 17.0 Å². The van der Waals surface area contributed by atoms with Gasteiger partial charge < -0.3 is 4.90 Å². The number of hydrogen-bond donors (Lipinski definition) is 0. The Hall–Kier alpha value is -0.690. The van der Waals surface area contributed by atoms with Crippen LogP contribution in [0.5, 0.6) is 0 Å². The Kier molecular flexibility index (Phi) is 3.75. The Morgan fingerprint density at radius 2 is 2.06 bits per heavy atom. The zero-order valence-corrected chi connectivity index (χ0v) is 12.1. The van der Waals surface area contributed by atoms with Crippen molar-refractivity contribution in [3.8, 4) is 0 Å². The van der Waals surface area contributed by atoms with Gasteiger partial charge in [-0.15, -0.1) is 11.3 Å². The fourth-order valence-electron chi connectivity index (χ4n) is 1.38. The second-order valence-electron chi connectivity index (χ2n) is 3.50. The first kappa shape index (κ1) is 11.8. The van der Waals surface area contributed by atoms with Crippen LogP contribution >= 0.6 is 33.9 Å². The number of hydrogen-bond acceptors (Lipinski definition) is 4. The van der Waals surface area contributed by atoms with Crippen LogP contribution in [0.25, 0.3) is 0 Å². The van der Waals surface area contributed by atoms with Gasteiger partial charge in [0.15, 0.2) is 0 Å². The van der Waals surface area contributed by atoms with E-state index in [1.165, 1.54) is 4.88 Å². The maximum absolute atomic E-state index is 4.32. The highest BCUT2D eigenvalue weighted by atomic mass is 127. The van der Waals surface area contributed by atoms with E-state index in [-0.39, 0.29) is 0 Å². The number of aromatic nitrogens is 2. The Bertz CT molecular complexity index is 441. The quantitative estimate of drug-likeness (QED) is 0.799. The lowest BCUT2D eigenvalue weighted by Gasteiger charge is -2.23. The third kappa shape index (κ3) is 2.52. The number of rotatable bonds is 3. The molecule has 2 aromatic rings. The summed E-state index contributed by atoms with van der Waals surface area (Å²) in [5.74, 6) is 0.765. The molecule has 0 aliphatic heterocycles. The van der Waals surface area contributed by atoms with Crippen LogP contribution in [0.15, 0.2) is 29.9 Å². The molecule has 2 rings (SSSR count). The second kappa shape index (κ2) is 5.09. The maximum atomic E-state index is 4.32. The van der Waals surface area contributed by atoms with Crippen LogP contribution in [0.1, 0.15) is 17.8 Å². The van der Waals surface area contributed by atoms with Crippen molar-refractivity contribution in [1.82, 2.24) is 9.97 Å². The fourth-order valence-corrected chi connectivity index (χ4v) is 2.49. The highest BCUT2D eigenvalue weighted by Crippen LogP contribution is 2.25. The topological polar surface area (TPSA) is 29.0 Å². The molecule has 0 bridgehead atoms. The van der Waals surface area contributed by atoms with Gasteiger partial charge in [0.1, 0.15) is 0 Å². The van der Waals surface area contributed by atoms with Gasteiger partial charge >= 0.3 is 0 Å². The molecule has 5 heteroatoms. The van der Waals surface area contributed by atoms with Gasteiger partial charge in [-0.05, 0) is 41.0 Å². The van der Waals surface area contributed by atoms with Gasteiger partial charge in [-0.3, -0.25) is 0 Å². The molecule has 0 radical (unpaired) electrons. The minimum atomic E-state index is 0.306. The van der Waals surface area contributed by atoms with E-state index in [9.17, 15) is 0 Å². The summed E-state index contributed by atoms with van der Waals surface area (Å²) in [5.41, 5.74) is 0. The second-order valence-corrected chi connectivity index (χ2v) is 5.73. The lowest BCUT2D eigenvalue weighted by Crippen LogP contribution is -2.22. The molecular weight excluding hydrogens is 333 g/mol. The van der Waals surface area contributed by atoms with Crippen molar-refractivity contribution in [1.29, 1.82) is 0 Å². The predicted octanol–water partition coefficient (Wildman–Crippen LogP) is 3.34. The van der Waals surface area contributed by atoms with Crippen molar-refractivity contribution in [2.45, 2.75) is 13.0 Å². The van der Waals surface area contributed by atoms with E-state index in [0.717, 1.165) is 9.52 Å². The van der Waals surface area contributed by atoms with E-state index in [0.29, 0.717) is 6.04 Å². The minimum absolute atomic E-state index is 0.306. The molecule has 16 heavy (non-hydrogen) atoms. The van der Waals surface area contributed by atoms with Crippen molar-refractivity contribution in [3.05, 3.63) is 38.4 Å². The summed E-state index contributed by atoms with van der Waals surface area (Å²) in [5, 5.41) is 2.09. The molecule has 0 spiro atoms. The van der Waals surface area contributed by atoms with Crippen LogP contribution in [-0.2, 0) is 0 Å². The third-order valence-electron chi connectivity index (χ3n) is 2.46. The Morgan fingerprint density at radius 3 is 2.62 bits per heavy atom. The zero-order valence-electron chi connectivity index (χ0n) is 9.09. The molecule has 0 saturated heterocycles. The molecule has 84 valence electrons. The lowest BCUT2D eigenvalue weighted by molar-refractivity contribution is 0.727. The molecule has 0 aromatic carbocycles. The molecule has 0 aliphatic rings.